The van der Waals surface area contributed by atoms with Gasteiger partial charge in [-0.1, -0.05) is 66.2 Å². The highest BCUT2D eigenvalue weighted by Gasteiger charge is 2.24. The average Bonchev–Trinajstić information content (AvgIpc) is 3.33. The minimum Gasteiger partial charge on any atom is -0.462 e. The molecule has 0 fully saturated rings. The SMILES string of the molecule is CCOC(=O)c1ccccc1NC(=O)N[C@@H](c1ccccc1)c1nnc(-c2ccccc2Cl)o1. The molecule has 3 aromatic carbocycles. The van der Waals surface area contributed by atoms with Crippen LogP contribution in [0.2, 0.25) is 5.02 Å². The lowest BCUT2D eigenvalue weighted by molar-refractivity contribution is 0.0527. The van der Waals surface area contributed by atoms with Gasteiger partial charge in [-0.2, -0.15) is 0 Å². The van der Waals surface area contributed by atoms with Crippen molar-refractivity contribution in [2.75, 3.05) is 11.9 Å². The molecule has 172 valence electrons. The summed E-state index contributed by atoms with van der Waals surface area (Å²) in [7, 11) is 0. The maximum absolute atomic E-state index is 12.9. The molecule has 0 unspecified atom stereocenters. The lowest BCUT2D eigenvalue weighted by Crippen LogP contribution is -2.34. The first-order chi connectivity index (χ1) is 16.6. The summed E-state index contributed by atoms with van der Waals surface area (Å²) < 4.78 is 11.0. The second-order valence-corrected chi connectivity index (χ2v) is 7.54. The molecule has 2 amide bonds. The summed E-state index contributed by atoms with van der Waals surface area (Å²) >= 11 is 6.26. The van der Waals surface area contributed by atoms with E-state index in [4.69, 9.17) is 20.8 Å². The molecule has 0 saturated heterocycles. The first-order valence-corrected chi connectivity index (χ1v) is 10.9. The van der Waals surface area contributed by atoms with Crippen molar-refractivity contribution in [2.45, 2.75) is 13.0 Å². The number of carbonyl (C=O) groups excluding carboxylic acids is 2. The molecular formula is C25H21ClN4O4. The summed E-state index contributed by atoms with van der Waals surface area (Å²) in [6.45, 7) is 1.94. The number of benzene rings is 3. The van der Waals surface area contributed by atoms with E-state index in [0.29, 0.717) is 16.3 Å². The molecule has 0 saturated carbocycles. The Morgan fingerprint density at radius 3 is 2.44 bits per heavy atom. The summed E-state index contributed by atoms with van der Waals surface area (Å²) in [4.78, 5) is 25.2. The van der Waals surface area contributed by atoms with Crippen LogP contribution in [0.4, 0.5) is 10.5 Å². The summed E-state index contributed by atoms with van der Waals surface area (Å²) in [6, 6.07) is 21.6. The lowest BCUT2D eigenvalue weighted by Gasteiger charge is -2.17. The van der Waals surface area contributed by atoms with Crippen LogP contribution in [0.3, 0.4) is 0 Å². The summed E-state index contributed by atoms with van der Waals surface area (Å²) in [5, 5.41) is 14.3. The van der Waals surface area contributed by atoms with Crippen molar-refractivity contribution in [2.24, 2.45) is 0 Å². The van der Waals surface area contributed by atoms with Crippen LogP contribution in [0.5, 0.6) is 0 Å². The van der Waals surface area contributed by atoms with Crippen LogP contribution in [0.25, 0.3) is 11.5 Å². The molecule has 0 radical (unpaired) electrons. The van der Waals surface area contributed by atoms with Crippen molar-refractivity contribution >= 4 is 29.3 Å². The molecule has 0 spiro atoms. The van der Waals surface area contributed by atoms with E-state index in [1.165, 1.54) is 0 Å². The molecule has 1 atom stereocenters. The van der Waals surface area contributed by atoms with E-state index in [-0.39, 0.29) is 24.0 Å². The van der Waals surface area contributed by atoms with Gasteiger partial charge in [-0.15, -0.1) is 10.2 Å². The number of esters is 1. The molecule has 4 rings (SSSR count). The Morgan fingerprint density at radius 2 is 1.68 bits per heavy atom. The topological polar surface area (TPSA) is 106 Å². The molecule has 1 heterocycles. The standard InChI is InChI=1S/C25H21ClN4O4/c1-2-33-24(31)18-13-7-9-15-20(18)27-25(32)28-21(16-10-4-3-5-11-16)23-30-29-22(34-23)17-12-6-8-14-19(17)26/h3-15,21H,2H2,1H3,(H2,27,28,32)/t21-/m0/s1. The Kier molecular flexibility index (Phi) is 7.19. The van der Waals surface area contributed by atoms with E-state index in [2.05, 4.69) is 20.8 Å². The van der Waals surface area contributed by atoms with Gasteiger partial charge >= 0.3 is 12.0 Å². The number of hydrogen-bond acceptors (Lipinski definition) is 6. The van der Waals surface area contributed by atoms with E-state index >= 15 is 0 Å². The first-order valence-electron chi connectivity index (χ1n) is 10.5. The van der Waals surface area contributed by atoms with E-state index in [0.717, 1.165) is 5.56 Å². The molecule has 0 aliphatic heterocycles. The summed E-state index contributed by atoms with van der Waals surface area (Å²) in [6.07, 6.45) is 0. The third-order valence-electron chi connectivity index (χ3n) is 4.87. The average molecular weight is 477 g/mol. The van der Waals surface area contributed by atoms with Crippen LogP contribution in [-0.2, 0) is 4.74 Å². The predicted molar refractivity (Wildman–Crippen MR) is 128 cm³/mol. The largest absolute Gasteiger partial charge is 0.462 e. The Bertz CT molecular complexity index is 1290. The molecular weight excluding hydrogens is 456 g/mol. The predicted octanol–water partition coefficient (Wildman–Crippen LogP) is 5.48. The van der Waals surface area contributed by atoms with Crippen LogP contribution < -0.4 is 10.6 Å². The molecule has 2 N–H and O–H groups in total. The summed E-state index contributed by atoms with van der Waals surface area (Å²) in [5.41, 5.74) is 1.87. The van der Waals surface area contributed by atoms with Crippen molar-refractivity contribution in [3.8, 4) is 11.5 Å². The molecule has 0 bridgehead atoms. The number of anilines is 1. The summed E-state index contributed by atoms with van der Waals surface area (Å²) in [5.74, 6) is -0.120. The van der Waals surface area contributed by atoms with Crippen molar-refractivity contribution in [1.29, 1.82) is 0 Å². The van der Waals surface area contributed by atoms with Gasteiger partial charge in [0.2, 0.25) is 11.8 Å². The highest BCUT2D eigenvalue weighted by molar-refractivity contribution is 6.33. The fraction of sp³-hybridized carbons (Fsp3) is 0.120. The Morgan fingerprint density at radius 1 is 0.971 bits per heavy atom. The fourth-order valence-electron chi connectivity index (χ4n) is 3.30. The van der Waals surface area contributed by atoms with Crippen LogP contribution in [0, 0.1) is 0 Å². The van der Waals surface area contributed by atoms with E-state index in [1.54, 1.807) is 49.4 Å². The number of hydrogen-bond donors (Lipinski definition) is 2. The second-order valence-electron chi connectivity index (χ2n) is 7.13. The van der Waals surface area contributed by atoms with Crippen molar-refractivity contribution in [1.82, 2.24) is 15.5 Å². The number of halogens is 1. The number of para-hydroxylation sites is 1. The normalized spacial score (nSPS) is 11.5. The third kappa shape index (κ3) is 5.24. The van der Waals surface area contributed by atoms with Gasteiger partial charge in [-0.25, -0.2) is 9.59 Å². The van der Waals surface area contributed by atoms with Gasteiger partial charge in [-0.3, -0.25) is 0 Å². The molecule has 4 aromatic rings. The lowest BCUT2D eigenvalue weighted by atomic mass is 10.1. The quantitative estimate of drug-likeness (QED) is 0.342. The third-order valence-corrected chi connectivity index (χ3v) is 5.20. The van der Waals surface area contributed by atoms with E-state index in [1.807, 2.05) is 36.4 Å². The molecule has 34 heavy (non-hydrogen) atoms. The second kappa shape index (κ2) is 10.6. The van der Waals surface area contributed by atoms with Gasteiger partial charge in [0.1, 0.15) is 6.04 Å². The maximum Gasteiger partial charge on any atom is 0.340 e. The highest BCUT2D eigenvalue weighted by atomic mass is 35.5. The van der Waals surface area contributed by atoms with Gasteiger partial charge in [0.25, 0.3) is 0 Å². The number of ether oxygens (including phenoxy) is 1. The van der Waals surface area contributed by atoms with Crippen LogP contribution in [0.1, 0.15) is 34.8 Å². The van der Waals surface area contributed by atoms with Gasteiger partial charge in [-0.05, 0) is 36.8 Å². The minimum absolute atomic E-state index is 0.176. The zero-order valence-electron chi connectivity index (χ0n) is 18.2. The number of carbonyl (C=O) groups is 2. The fourth-order valence-corrected chi connectivity index (χ4v) is 3.51. The number of amides is 2. The minimum atomic E-state index is -0.750. The molecule has 0 aliphatic carbocycles. The molecule has 8 nitrogen and oxygen atoms in total. The van der Waals surface area contributed by atoms with Gasteiger partial charge in [0.05, 0.1) is 28.4 Å². The van der Waals surface area contributed by atoms with Crippen molar-refractivity contribution in [3.05, 3.63) is 101 Å². The molecule has 9 heteroatoms. The smallest absolute Gasteiger partial charge is 0.340 e. The Hall–Kier alpha value is -4.17. The molecule has 1 aromatic heterocycles. The first kappa shape index (κ1) is 23.0. The van der Waals surface area contributed by atoms with Gasteiger partial charge in [0.15, 0.2) is 0 Å². The highest BCUT2D eigenvalue weighted by Crippen LogP contribution is 2.29. The van der Waals surface area contributed by atoms with Crippen molar-refractivity contribution < 1.29 is 18.7 Å². The van der Waals surface area contributed by atoms with Crippen LogP contribution >= 0.6 is 11.6 Å². The van der Waals surface area contributed by atoms with E-state index < -0.39 is 18.0 Å². The Labute approximate surface area is 200 Å². The van der Waals surface area contributed by atoms with E-state index in [9.17, 15) is 9.59 Å². The number of nitrogens with one attached hydrogen (secondary N) is 2. The van der Waals surface area contributed by atoms with Crippen molar-refractivity contribution in [3.63, 3.8) is 0 Å². The van der Waals surface area contributed by atoms with Crippen LogP contribution in [0.15, 0.2) is 83.3 Å². The molecule has 0 aliphatic rings. The zero-order chi connectivity index (χ0) is 23.9. The van der Waals surface area contributed by atoms with Crippen LogP contribution in [-0.4, -0.2) is 28.8 Å². The monoisotopic (exact) mass is 476 g/mol. The number of nitrogens with zero attached hydrogens (tertiary/aromatic N) is 2. The number of aromatic nitrogens is 2. The van der Waals surface area contributed by atoms with Gasteiger partial charge < -0.3 is 19.8 Å². The Balaban J connectivity index is 1.60. The van der Waals surface area contributed by atoms with Gasteiger partial charge in [0, 0.05) is 0 Å². The number of urea groups is 1. The maximum atomic E-state index is 12.9. The number of rotatable bonds is 7. The zero-order valence-corrected chi connectivity index (χ0v) is 19.0.